The maximum Gasteiger partial charge on any atom is 0.316 e. The molecule has 2 aromatic heterocycles. The van der Waals surface area contributed by atoms with Crippen LogP contribution >= 0.6 is 11.6 Å². The molecule has 0 amide bonds. The highest BCUT2D eigenvalue weighted by Gasteiger charge is 2.47. The first-order valence-corrected chi connectivity index (χ1v) is 9.28. The van der Waals surface area contributed by atoms with E-state index in [1.807, 2.05) is 31.2 Å². The molecule has 1 aliphatic carbocycles. The van der Waals surface area contributed by atoms with Gasteiger partial charge in [-0.3, -0.25) is 14.0 Å². The van der Waals surface area contributed by atoms with E-state index in [0.717, 1.165) is 30.4 Å². The Bertz CT molecular complexity index is 1090. The van der Waals surface area contributed by atoms with Crippen LogP contribution in [0.4, 0.5) is 0 Å². The molecule has 6 heteroatoms. The Morgan fingerprint density at radius 1 is 1.26 bits per heavy atom. The van der Waals surface area contributed by atoms with Crippen LogP contribution in [0.15, 0.2) is 53.5 Å². The molecule has 1 aliphatic rings. The Morgan fingerprint density at radius 2 is 2.07 bits per heavy atom. The largest absolute Gasteiger partial charge is 0.458 e. The lowest BCUT2D eigenvalue weighted by Gasteiger charge is -2.39. The summed E-state index contributed by atoms with van der Waals surface area (Å²) >= 11 is 6.09. The molecular weight excluding hydrogens is 364 g/mol. The molecule has 138 valence electrons. The van der Waals surface area contributed by atoms with Crippen LogP contribution in [0.5, 0.6) is 0 Å². The summed E-state index contributed by atoms with van der Waals surface area (Å²) in [5.41, 5.74) is 1.99. The van der Waals surface area contributed by atoms with Crippen LogP contribution in [-0.2, 0) is 21.6 Å². The number of pyridine rings is 1. The lowest BCUT2D eigenvalue weighted by atomic mass is 9.64. The first kappa shape index (κ1) is 17.7. The fourth-order valence-electron chi connectivity index (χ4n) is 3.54. The molecule has 0 N–H and O–H groups in total. The number of aromatic nitrogens is 2. The van der Waals surface area contributed by atoms with Crippen molar-refractivity contribution in [1.29, 1.82) is 0 Å². The number of halogens is 1. The lowest BCUT2D eigenvalue weighted by Crippen LogP contribution is -2.43. The van der Waals surface area contributed by atoms with E-state index in [-0.39, 0.29) is 18.1 Å². The van der Waals surface area contributed by atoms with Crippen LogP contribution in [0.25, 0.3) is 5.65 Å². The van der Waals surface area contributed by atoms with Crippen molar-refractivity contribution in [2.24, 2.45) is 0 Å². The standard InChI is InChI=1S/C21H19ClN2O3/c1-14-6-7-18-23-17(11-19(25)24(18)12-14)13-27-20(26)21(8-3-9-21)15-4-2-5-16(22)10-15/h2,4-7,10-12H,3,8-9,13H2,1H3. The van der Waals surface area contributed by atoms with Gasteiger partial charge in [0.05, 0.1) is 11.1 Å². The molecule has 0 saturated heterocycles. The van der Waals surface area contributed by atoms with E-state index >= 15 is 0 Å². The molecule has 5 nitrogen and oxygen atoms in total. The van der Waals surface area contributed by atoms with Crippen LogP contribution in [0.1, 0.15) is 36.1 Å². The molecule has 4 rings (SSSR count). The first-order valence-electron chi connectivity index (χ1n) is 8.90. The van der Waals surface area contributed by atoms with E-state index in [1.165, 1.54) is 10.5 Å². The third-order valence-corrected chi connectivity index (χ3v) is 5.42. The molecule has 0 aliphatic heterocycles. The molecule has 0 bridgehead atoms. The van der Waals surface area contributed by atoms with Crippen molar-refractivity contribution in [3.63, 3.8) is 0 Å². The third kappa shape index (κ3) is 3.23. The van der Waals surface area contributed by atoms with Gasteiger partial charge in [-0.05, 0) is 49.1 Å². The van der Waals surface area contributed by atoms with Gasteiger partial charge < -0.3 is 4.74 Å². The second-order valence-corrected chi connectivity index (χ2v) is 7.48. The maximum absolute atomic E-state index is 12.8. The van der Waals surface area contributed by atoms with Crippen LogP contribution in [0.3, 0.4) is 0 Å². The highest BCUT2D eigenvalue weighted by atomic mass is 35.5. The number of ether oxygens (including phenoxy) is 1. The monoisotopic (exact) mass is 382 g/mol. The van der Waals surface area contributed by atoms with Gasteiger partial charge in [-0.2, -0.15) is 0 Å². The molecule has 1 fully saturated rings. The summed E-state index contributed by atoms with van der Waals surface area (Å²) in [6, 6.07) is 12.4. The molecule has 2 heterocycles. The van der Waals surface area contributed by atoms with Gasteiger partial charge in [-0.15, -0.1) is 0 Å². The Hall–Kier alpha value is -2.66. The smallest absolute Gasteiger partial charge is 0.316 e. The van der Waals surface area contributed by atoms with E-state index < -0.39 is 5.41 Å². The van der Waals surface area contributed by atoms with Crippen molar-refractivity contribution in [1.82, 2.24) is 9.38 Å². The van der Waals surface area contributed by atoms with Crippen LogP contribution in [0.2, 0.25) is 5.02 Å². The number of fused-ring (bicyclic) bond motifs is 1. The van der Waals surface area contributed by atoms with Gasteiger partial charge in [0, 0.05) is 17.3 Å². The van der Waals surface area contributed by atoms with Gasteiger partial charge in [0.1, 0.15) is 12.3 Å². The van der Waals surface area contributed by atoms with Crippen LogP contribution < -0.4 is 5.56 Å². The average molecular weight is 383 g/mol. The third-order valence-electron chi connectivity index (χ3n) is 5.19. The quantitative estimate of drug-likeness (QED) is 0.643. The SMILES string of the molecule is Cc1ccc2nc(COC(=O)C3(c4cccc(Cl)c4)CCC3)cc(=O)n2c1. The van der Waals surface area contributed by atoms with Crippen molar-refractivity contribution in [3.8, 4) is 0 Å². The van der Waals surface area contributed by atoms with Crippen molar-refractivity contribution in [2.75, 3.05) is 0 Å². The predicted molar refractivity (Wildman–Crippen MR) is 103 cm³/mol. The zero-order valence-electron chi connectivity index (χ0n) is 14.9. The van der Waals surface area contributed by atoms with E-state index in [0.29, 0.717) is 16.4 Å². The molecular formula is C21H19ClN2O3. The Labute approximate surface area is 161 Å². The molecule has 0 radical (unpaired) electrons. The summed E-state index contributed by atoms with van der Waals surface area (Å²) in [5.74, 6) is -0.290. The summed E-state index contributed by atoms with van der Waals surface area (Å²) < 4.78 is 7.05. The maximum atomic E-state index is 12.8. The molecule has 0 unspecified atom stereocenters. The van der Waals surface area contributed by atoms with Gasteiger partial charge >= 0.3 is 5.97 Å². The van der Waals surface area contributed by atoms with E-state index in [4.69, 9.17) is 16.3 Å². The van der Waals surface area contributed by atoms with Gasteiger partial charge in [0.25, 0.3) is 5.56 Å². The van der Waals surface area contributed by atoms with Gasteiger partial charge in [0.15, 0.2) is 0 Å². The fourth-order valence-corrected chi connectivity index (χ4v) is 3.73. The summed E-state index contributed by atoms with van der Waals surface area (Å²) in [4.78, 5) is 29.6. The molecule has 27 heavy (non-hydrogen) atoms. The molecule has 3 aromatic rings. The second-order valence-electron chi connectivity index (χ2n) is 7.04. The Balaban J connectivity index is 1.56. The van der Waals surface area contributed by atoms with E-state index in [9.17, 15) is 9.59 Å². The minimum Gasteiger partial charge on any atom is -0.458 e. The minimum atomic E-state index is -0.645. The number of esters is 1. The highest BCUT2D eigenvalue weighted by Crippen LogP contribution is 2.45. The number of hydrogen-bond acceptors (Lipinski definition) is 4. The van der Waals surface area contributed by atoms with Crippen molar-refractivity contribution < 1.29 is 9.53 Å². The van der Waals surface area contributed by atoms with Crippen molar-refractivity contribution in [2.45, 2.75) is 38.2 Å². The zero-order valence-corrected chi connectivity index (χ0v) is 15.7. The topological polar surface area (TPSA) is 60.7 Å². The minimum absolute atomic E-state index is 0.0270. The Kier molecular flexibility index (Phi) is 4.48. The molecule has 0 atom stereocenters. The predicted octanol–water partition coefficient (Wildman–Crippen LogP) is 3.82. The van der Waals surface area contributed by atoms with Crippen molar-refractivity contribution >= 4 is 23.2 Å². The van der Waals surface area contributed by atoms with Gasteiger partial charge in [-0.25, -0.2) is 4.98 Å². The molecule has 1 saturated carbocycles. The first-order chi connectivity index (χ1) is 13.0. The van der Waals surface area contributed by atoms with E-state index in [2.05, 4.69) is 4.98 Å². The summed E-state index contributed by atoms with van der Waals surface area (Å²) in [7, 11) is 0. The number of aryl methyl sites for hydroxylation is 1. The lowest BCUT2D eigenvalue weighted by molar-refractivity contribution is -0.156. The van der Waals surface area contributed by atoms with Crippen molar-refractivity contribution in [3.05, 3.63) is 80.9 Å². The second kappa shape index (κ2) is 6.82. The zero-order chi connectivity index (χ0) is 19.0. The summed E-state index contributed by atoms with van der Waals surface area (Å²) in [5, 5.41) is 0.603. The van der Waals surface area contributed by atoms with Gasteiger partial charge in [-0.1, -0.05) is 36.2 Å². The fraction of sp³-hybridized carbons (Fsp3) is 0.286. The molecule has 1 aromatic carbocycles. The molecule has 0 spiro atoms. The number of hydrogen-bond donors (Lipinski definition) is 0. The van der Waals surface area contributed by atoms with E-state index in [1.54, 1.807) is 18.3 Å². The van der Waals surface area contributed by atoms with Gasteiger partial charge in [0.2, 0.25) is 0 Å². The number of benzene rings is 1. The van der Waals surface area contributed by atoms with Crippen LogP contribution in [0, 0.1) is 6.92 Å². The normalized spacial score (nSPS) is 15.3. The summed E-state index contributed by atoms with van der Waals surface area (Å²) in [6.07, 6.45) is 4.18. The highest BCUT2D eigenvalue weighted by molar-refractivity contribution is 6.30. The number of carbonyl (C=O) groups excluding carboxylic acids is 1. The number of carbonyl (C=O) groups is 1. The average Bonchev–Trinajstić information content (AvgIpc) is 2.60. The number of nitrogens with zero attached hydrogens (tertiary/aromatic N) is 2. The van der Waals surface area contributed by atoms with Crippen LogP contribution in [-0.4, -0.2) is 15.4 Å². The summed E-state index contributed by atoms with van der Waals surface area (Å²) in [6.45, 7) is 1.89. The number of rotatable bonds is 4. The Morgan fingerprint density at radius 3 is 2.78 bits per heavy atom.